The fourth-order valence-corrected chi connectivity index (χ4v) is 5.61. The zero-order valence-corrected chi connectivity index (χ0v) is 22.2. The molecule has 0 spiro atoms. The molecule has 3 heterocycles. The second kappa shape index (κ2) is 10.9. The van der Waals surface area contributed by atoms with Crippen LogP contribution in [0.15, 0.2) is 97.3 Å². The molecule has 0 bridgehead atoms. The quantitative estimate of drug-likeness (QED) is 0.215. The van der Waals surface area contributed by atoms with E-state index in [1.54, 1.807) is 11.0 Å². The Bertz CT molecular complexity index is 1760. The van der Waals surface area contributed by atoms with Crippen LogP contribution in [0.25, 0.3) is 27.9 Å². The molecule has 1 saturated heterocycles. The minimum absolute atomic E-state index is 0.296. The summed E-state index contributed by atoms with van der Waals surface area (Å²) in [5.74, 6) is 1.72. The van der Waals surface area contributed by atoms with Crippen LogP contribution in [0.5, 0.6) is 11.5 Å². The highest BCUT2D eigenvalue weighted by atomic mass is 16.5. The van der Waals surface area contributed by atoms with Gasteiger partial charge in [-0.15, -0.1) is 0 Å². The van der Waals surface area contributed by atoms with Crippen molar-refractivity contribution in [1.29, 1.82) is 5.26 Å². The molecule has 6 rings (SSSR count). The number of nitrogen functional groups attached to an aromatic ring is 1. The summed E-state index contributed by atoms with van der Waals surface area (Å²) >= 11 is 0. The van der Waals surface area contributed by atoms with E-state index < -0.39 is 5.54 Å². The zero-order chi connectivity index (χ0) is 28.2. The average Bonchev–Trinajstić information content (AvgIpc) is 3.43. The van der Waals surface area contributed by atoms with Crippen molar-refractivity contribution in [1.82, 2.24) is 24.6 Å². The van der Waals surface area contributed by atoms with Crippen molar-refractivity contribution >= 4 is 28.8 Å². The van der Waals surface area contributed by atoms with Gasteiger partial charge < -0.3 is 15.4 Å². The molecule has 41 heavy (non-hydrogen) atoms. The third-order valence-corrected chi connectivity index (χ3v) is 7.45. The van der Waals surface area contributed by atoms with Crippen LogP contribution in [-0.4, -0.2) is 44.1 Å². The molecule has 2 aromatic heterocycles. The van der Waals surface area contributed by atoms with Crippen molar-refractivity contribution in [2.75, 3.05) is 18.8 Å². The van der Waals surface area contributed by atoms with Crippen molar-refractivity contribution in [2.45, 2.75) is 18.4 Å². The largest absolute Gasteiger partial charge is 0.457 e. The van der Waals surface area contributed by atoms with E-state index in [9.17, 15) is 10.1 Å². The highest BCUT2D eigenvalue weighted by Gasteiger charge is 2.44. The maximum Gasteiger partial charge on any atom is 0.209 e. The number of nitrogens with zero attached hydrogens (tertiary/aromatic N) is 6. The molecule has 9 nitrogen and oxygen atoms in total. The van der Waals surface area contributed by atoms with Gasteiger partial charge in [0.05, 0.1) is 11.5 Å². The number of rotatable bonds is 7. The number of para-hydroxylation sites is 1. The second-order valence-corrected chi connectivity index (χ2v) is 9.92. The number of ether oxygens (including phenoxy) is 1. The summed E-state index contributed by atoms with van der Waals surface area (Å²) in [6.45, 7) is 0.939. The van der Waals surface area contributed by atoms with Crippen molar-refractivity contribution < 1.29 is 9.53 Å². The Labute approximate surface area is 237 Å². The molecule has 2 N–H and O–H groups in total. The fourth-order valence-electron chi connectivity index (χ4n) is 5.61. The summed E-state index contributed by atoms with van der Waals surface area (Å²) in [6.07, 6.45) is 5.18. The number of hydrogen-bond donors (Lipinski definition) is 1. The van der Waals surface area contributed by atoms with Crippen LogP contribution in [0.1, 0.15) is 18.4 Å². The summed E-state index contributed by atoms with van der Waals surface area (Å²) in [6, 6.07) is 29.1. The Hall–Kier alpha value is -5.49. The highest BCUT2D eigenvalue weighted by molar-refractivity contribution is 5.99. The predicted molar refractivity (Wildman–Crippen MR) is 157 cm³/mol. The van der Waals surface area contributed by atoms with Crippen LogP contribution < -0.4 is 10.5 Å². The van der Waals surface area contributed by atoms with E-state index in [1.807, 2.05) is 89.6 Å². The Morgan fingerprint density at radius 1 is 0.976 bits per heavy atom. The molecule has 0 aliphatic carbocycles. The minimum Gasteiger partial charge on any atom is -0.457 e. The number of allylic oxidation sites excluding steroid dienone is 1. The summed E-state index contributed by atoms with van der Waals surface area (Å²) in [7, 11) is 0. The number of anilines is 1. The Morgan fingerprint density at radius 2 is 1.68 bits per heavy atom. The molecule has 3 aromatic carbocycles. The van der Waals surface area contributed by atoms with Gasteiger partial charge in [0.2, 0.25) is 6.41 Å². The summed E-state index contributed by atoms with van der Waals surface area (Å²) in [5, 5.41) is 15.6. The van der Waals surface area contributed by atoms with Gasteiger partial charge in [-0.05, 0) is 60.4 Å². The van der Waals surface area contributed by atoms with Gasteiger partial charge in [0.1, 0.15) is 34.9 Å². The second-order valence-electron chi connectivity index (χ2n) is 9.92. The Balaban J connectivity index is 1.53. The van der Waals surface area contributed by atoms with Crippen molar-refractivity contribution in [3.8, 4) is 28.8 Å². The number of nitriles is 1. The van der Waals surface area contributed by atoms with Gasteiger partial charge >= 0.3 is 0 Å². The molecule has 1 unspecified atom stereocenters. The first kappa shape index (κ1) is 25.8. The number of hydrogen-bond acceptors (Lipinski definition) is 7. The van der Waals surface area contributed by atoms with Gasteiger partial charge in [-0.25, -0.2) is 14.6 Å². The molecule has 5 aromatic rings. The molecule has 202 valence electrons. The summed E-state index contributed by atoms with van der Waals surface area (Å²) < 4.78 is 7.82. The lowest BCUT2D eigenvalue weighted by Gasteiger charge is -2.43. The van der Waals surface area contributed by atoms with E-state index >= 15 is 0 Å². The summed E-state index contributed by atoms with van der Waals surface area (Å²) in [4.78, 5) is 22.7. The number of amides is 1. The molecule has 0 radical (unpaired) electrons. The van der Waals surface area contributed by atoms with Crippen molar-refractivity contribution in [3.63, 3.8) is 0 Å². The van der Waals surface area contributed by atoms with Crippen LogP contribution in [0, 0.1) is 11.3 Å². The fraction of sp³-hybridized carbons (Fsp3) is 0.156. The first-order valence-electron chi connectivity index (χ1n) is 13.3. The van der Waals surface area contributed by atoms with Gasteiger partial charge in [-0.1, -0.05) is 48.5 Å². The number of fused-ring (bicyclic) bond motifs is 1. The van der Waals surface area contributed by atoms with E-state index in [1.165, 1.54) is 6.33 Å². The van der Waals surface area contributed by atoms with Crippen LogP contribution in [-0.2, 0) is 10.3 Å². The third kappa shape index (κ3) is 4.76. The predicted octanol–water partition coefficient (Wildman–Crippen LogP) is 5.42. The molecule has 0 saturated carbocycles. The van der Waals surface area contributed by atoms with E-state index in [0.29, 0.717) is 47.8 Å². The van der Waals surface area contributed by atoms with Crippen molar-refractivity contribution in [3.05, 3.63) is 103 Å². The van der Waals surface area contributed by atoms with E-state index in [2.05, 4.69) is 16.0 Å². The van der Waals surface area contributed by atoms with Gasteiger partial charge in [0.25, 0.3) is 0 Å². The lowest BCUT2D eigenvalue weighted by molar-refractivity contribution is -0.120. The lowest BCUT2D eigenvalue weighted by Crippen LogP contribution is -2.50. The molecule has 1 atom stereocenters. The number of benzene rings is 3. The van der Waals surface area contributed by atoms with Gasteiger partial charge in [-0.2, -0.15) is 10.4 Å². The number of carbonyl (C=O) groups excluding carboxylic acids is 1. The third-order valence-electron chi connectivity index (χ3n) is 7.45. The van der Waals surface area contributed by atoms with Crippen molar-refractivity contribution in [2.24, 2.45) is 0 Å². The number of nitrogens with two attached hydrogens (primary N) is 1. The van der Waals surface area contributed by atoms with Crippen LogP contribution >= 0.6 is 0 Å². The van der Waals surface area contributed by atoms with Crippen LogP contribution in [0.3, 0.4) is 0 Å². The highest BCUT2D eigenvalue weighted by Crippen LogP contribution is 2.44. The number of likely N-dealkylation sites (tertiary alicyclic amines) is 1. The van der Waals surface area contributed by atoms with E-state index in [4.69, 9.17) is 15.6 Å². The standard InChI is InChI=1S/C32H27N7O2/c33-18-16-27(23-8-3-1-4-9-23)32(17-7-19-38(20-32)22-40)39-31-28(30(34)35-21-36-31)29(37-39)24-12-14-26(15-13-24)41-25-10-5-2-6-11-25/h1-6,8-16,21-22H,7,17,19-20H2,(H2,34,35,36). The van der Waals surface area contributed by atoms with E-state index in [0.717, 1.165) is 35.3 Å². The van der Waals surface area contributed by atoms with Gasteiger partial charge in [0, 0.05) is 24.7 Å². The average molecular weight is 542 g/mol. The van der Waals surface area contributed by atoms with Gasteiger partial charge in [-0.3, -0.25) is 4.79 Å². The monoisotopic (exact) mass is 541 g/mol. The number of aromatic nitrogens is 4. The Kier molecular flexibility index (Phi) is 6.88. The first-order chi connectivity index (χ1) is 20.1. The lowest BCUT2D eigenvalue weighted by atomic mass is 9.78. The molecular weight excluding hydrogens is 514 g/mol. The van der Waals surface area contributed by atoms with Gasteiger partial charge in [0.15, 0.2) is 5.65 Å². The number of carbonyl (C=O) groups is 1. The Morgan fingerprint density at radius 3 is 2.39 bits per heavy atom. The normalized spacial score (nSPS) is 17.2. The van der Waals surface area contributed by atoms with Crippen LogP contribution in [0.2, 0.25) is 0 Å². The van der Waals surface area contributed by atoms with E-state index in [-0.39, 0.29) is 0 Å². The maximum absolute atomic E-state index is 12.1. The zero-order valence-electron chi connectivity index (χ0n) is 22.2. The minimum atomic E-state index is -0.871. The first-order valence-corrected chi connectivity index (χ1v) is 13.3. The smallest absolute Gasteiger partial charge is 0.209 e. The molecule has 9 heteroatoms. The maximum atomic E-state index is 12.1. The topological polar surface area (TPSA) is 123 Å². The molecule has 1 fully saturated rings. The van der Waals surface area contributed by atoms with Crippen LogP contribution in [0.4, 0.5) is 5.82 Å². The summed E-state index contributed by atoms with van der Waals surface area (Å²) in [5.41, 5.74) is 9.15. The molecule has 1 aliphatic heterocycles. The SMILES string of the molecule is N#CC=C(c1ccccc1)C1(n2nc(-c3ccc(Oc4ccccc4)cc3)c3c(N)ncnc32)CCCN(C=O)C1. The molecule has 1 aliphatic rings. The number of piperidine rings is 1. The molecule has 1 amide bonds. The molecular formula is C32H27N7O2.